The second-order valence-corrected chi connectivity index (χ2v) is 12.2. The Kier molecular flexibility index (Phi) is 6.27. The Hall–Kier alpha value is -2.44. The molecule has 1 fully saturated rings. The minimum atomic E-state index is -3.64. The fraction of sp³-hybridized carbons (Fsp3) is 0.444. The molecule has 0 N–H and O–H groups in total. The molecule has 0 spiro atoms. The van der Waals surface area contributed by atoms with Crippen LogP contribution in [0.15, 0.2) is 65.1 Å². The molecule has 2 aromatic rings. The van der Waals surface area contributed by atoms with Crippen LogP contribution in [0.4, 0.5) is 0 Å². The second kappa shape index (κ2) is 8.73. The monoisotopic (exact) mass is 467 g/mol. The molecule has 2 aromatic carbocycles. The van der Waals surface area contributed by atoms with Crippen molar-refractivity contribution >= 4 is 15.8 Å². The van der Waals surface area contributed by atoms with Crippen LogP contribution in [0, 0.1) is 5.41 Å². The van der Waals surface area contributed by atoms with E-state index in [2.05, 4.69) is 20.8 Å². The van der Waals surface area contributed by atoms with Gasteiger partial charge >= 0.3 is 0 Å². The number of fused-ring (bicyclic) bond motifs is 1. The summed E-state index contributed by atoms with van der Waals surface area (Å²) in [6, 6.07) is 15.2. The number of nitrogens with zero attached hydrogens (tertiary/aromatic N) is 1. The van der Waals surface area contributed by atoms with Crippen LogP contribution in [-0.4, -0.2) is 38.7 Å². The highest BCUT2D eigenvalue weighted by molar-refractivity contribution is 7.89. The molecule has 5 nitrogen and oxygen atoms in total. The predicted molar refractivity (Wildman–Crippen MR) is 130 cm³/mol. The molecule has 0 aromatic heterocycles. The molecular formula is C27H33NO4S. The Bertz CT molecular complexity index is 1180. The number of hydrogen-bond donors (Lipinski definition) is 0. The van der Waals surface area contributed by atoms with Crippen molar-refractivity contribution in [3.05, 3.63) is 71.3 Å². The van der Waals surface area contributed by atoms with Crippen LogP contribution in [-0.2, 0) is 26.7 Å². The predicted octanol–water partition coefficient (Wildman–Crippen LogP) is 4.91. The lowest BCUT2D eigenvalue weighted by Gasteiger charge is -2.46. The van der Waals surface area contributed by atoms with Crippen molar-refractivity contribution in [1.29, 1.82) is 0 Å². The van der Waals surface area contributed by atoms with Crippen molar-refractivity contribution in [3.8, 4) is 5.75 Å². The summed E-state index contributed by atoms with van der Waals surface area (Å²) in [5, 5.41) is 0. The zero-order valence-electron chi connectivity index (χ0n) is 19.9. The molecule has 0 amide bonds. The van der Waals surface area contributed by atoms with Gasteiger partial charge in [-0.15, -0.1) is 0 Å². The van der Waals surface area contributed by atoms with E-state index in [9.17, 15) is 13.2 Å². The molecular weight excluding hydrogens is 434 g/mol. The Morgan fingerprint density at radius 3 is 2.45 bits per heavy atom. The number of piperidine rings is 1. The van der Waals surface area contributed by atoms with E-state index in [1.807, 2.05) is 36.4 Å². The Morgan fingerprint density at radius 1 is 1.06 bits per heavy atom. The number of hydrogen-bond acceptors (Lipinski definition) is 4. The van der Waals surface area contributed by atoms with Gasteiger partial charge in [-0.05, 0) is 66.1 Å². The Labute approximate surface area is 197 Å². The highest BCUT2D eigenvalue weighted by atomic mass is 32.2. The smallest absolute Gasteiger partial charge is 0.243 e. The van der Waals surface area contributed by atoms with Gasteiger partial charge in [-0.1, -0.05) is 50.6 Å². The van der Waals surface area contributed by atoms with Crippen molar-refractivity contribution in [3.63, 3.8) is 0 Å². The third-order valence-electron chi connectivity index (χ3n) is 7.01. The molecule has 0 bridgehead atoms. The van der Waals surface area contributed by atoms with Crippen LogP contribution in [0.1, 0.15) is 51.2 Å². The van der Waals surface area contributed by atoms with Gasteiger partial charge in [0.05, 0.1) is 12.0 Å². The number of allylic oxidation sites excluding steroid dienone is 1. The van der Waals surface area contributed by atoms with Crippen LogP contribution in [0.25, 0.3) is 0 Å². The molecule has 1 saturated heterocycles. The van der Waals surface area contributed by atoms with E-state index >= 15 is 0 Å². The number of methoxy groups -OCH3 is 1. The molecule has 1 aliphatic carbocycles. The number of carbonyl (C=O) groups excluding carboxylic acids is 1. The van der Waals surface area contributed by atoms with Crippen LogP contribution in [0.3, 0.4) is 0 Å². The minimum Gasteiger partial charge on any atom is -0.497 e. The van der Waals surface area contributed by atoms with Gasteiger partial charge in [0.25, 0.3) is 0 Å². The number of ether oxygens (including phenoxy) is 1. The first-order chi connectivity index (χ1) is 15.5. The molecule has 4 rings (SSSR count). The second-order valence-electron chi connectivity index (χ2n) is 10.3. The summed E-state index contributed by atoms with van der Waals surface area (Å²) in [7, 11) is -1.99. The van der Waals surface area contributed by atoms with E-state index in [0.29, 0.717) is 43.7 Å². The number of sulfonamides is 1. The van der Waals surface area contributed by atoms with E-state index in [1.54, 1.807) is 29.6 Å². The number of rotatable bonds is 5. The lowest BCUT2D eigenvalue weighted by Crippen LogP contribution is -2.49. The molecule has 176 valence electrons. The Balaban J connectivity index is 1.66. The minimum absolute atomic E-state index is 0.0391. The summed E-state index contributed by atoms with van der Waals surface area (Å²) in [5.74, 6) is 0.917. The van der Waals surface area contributed by atoms with Crippen molar-refractivity contribution in [1.82, 2.24) is 4.31 Å². The standard InChI is InChI=1S/C27H33NO4S/c1-26(2,3)21-8-10-25(11-9-21)33(30,31)28-15-13-22-17-23(29)12-14-27(22,19-28)18-20-6-5-7-24(16-20)32-4/h5-11,16-17H,12-15,18-19H2,1-4H3. The molecule has 6 heteroatoms. The highest BCUT2D eigenvalue weighted by Gasteiger charge is 2.45. The van der Waals surface area contributed by atoms with Crippen LogP contribution in [0.5, 0.6) is 5.75 Å². The molecule has 1 heterocycles. The fourth-order valence-electron chi connectivity index (χ4n) is 5.03. The molecule has 1 aliphatic heterocycles. The van der Waals surface area contributed by atoms with E-state index in [1.165, 1.54) is 0 Å². The highest BCUT2D eigenvalue weighted by Crippen LogP contribution is 2.46. The maximum atomic E-state index is 13.6. The number of carbonyl (C=O) groups is 1. The first kappa shape index (κ1) is 23.7. The molecule has 1 atom stereocenters. The van der Waals surface area contributed by atoms with Gasteiger partial charge in [0.15, 0.2) is 5.78 Å². The van der Waals surface area contributed by atoms with Gasteiger partial charge in [-0.3, -0.25) is 4.79 Å². The van der Waals surface area contributed by atoms with Crippen LogP contribution >= 0.6 is 0 Å². The maximum Gasteiger partial charge on any atom is 0.243 e. The largest absolute Gasteiger partial charge is 0.497 e. The molecule has 0 saturated carbocycles. The van der Waals surface area contributed by atoms with Gasteiger partial charge in [0, 0.05) is 24.9 Å². The summed E-state index contributed by atoms with van der Waals surface area (Å²) in [5.41, 5.74) is 2.85. The fourth-order valence-corrected chi connectivity index (χ4v) is 6.56. The number of benzene rings is 2. The quantitative estimate of drug-likeness (QED) is 0.627. The van der Waals surface area contributed by atoms with E-state index in [4.69, 9.17) is 4.74 Å². The molecule has 33 heavy (non-hydrogen) atoms. The lowest BCUT2D eigenvalue weighted by molar-refractivity contribution is -0.116. The summed E-state index contributed by atoms with van der Waals surface area (Å²) < 4.78 is 34.2. The summed E-state index contributed by atoms with van der Waals surface area (Å²) in [4.78, 5) is 12.5. The molecule has 2 aliphatic rings. The zero-order valence-corrected chi connectivity index (χ0v) is 20.7. The van der Waals surface area contributed by atoms with Crippen LogP contribution in [0.2, 0.25) is 0 Å². The van der Waals surface area contributed by atoms with Crippen molar-refractivity contribution in [2.24, 2.45) is 5.41 Å². The van der Waals surface area contributed by atoms with Gasteiger partial charge < -0.3 is 4.74 Å². The first-order valence-electron chi connectivity index (χ1n) is 11.5. The lowest BCUT2D eigenvalue weighted by atomic mass is 9.66. The zero-order chi connectivity index (χ0) is 23.9. The van der Waals surface area contributed by atoms with Gasteiger partial charge in [-0.25, -0.2) is 8.42 Å². The summed E-state index contributed by atoms with van der Waals surface area (Å²) >= 11 is 0. The first-order valence-corrected chi connectivity index (χ1v) is 13.0. The van der Waals surface area contributed by atoms with Crippen molar-refractivity contribution < 1.29 is 17.9 Å². The van der Waals surface area contributed by atoms with Gasteiger partial charge in [0.1, 0.15) is 5.75 Å². The third-order valence-corrected chi connectivity index (χ3v) is 8.87. The number of ketones is 1. The van der Waals surface area contributed by atoms with Crippen LogP contribution < -0.4 is 4.74 Å². The summed E-state index contributed by atoms with van der Waals surface area (Å²) in [6.45, 7) is 7.11. The molecule has 0 radical (unpaired) electrons. The SMILES string of the molecule is COc1cccc(CC23CCC(=O)C=C2CCN(S(=O)(=O)c2ccc(C(C)(C)C)cc2)C3)c1. The van der Waals surface area contributed by atoms with Gasteiger partial charge in [0.2, 0.25) is 10.0 Å². The molecule has 1 unspecified atom stereocenters. The maximum absolute atomic E-state index is 13.6. The topological polar surface area (TPSA) is 63.7 Å². The average molecular weight is 468 g/mol. The van der Waals surface area contributed by atoms with Crippen molar-refractivity contribution in [2.45, 2.75) is 56.8 Å². The van der Waals surface area contributed by atoms with Gasteiger partial charge in [-0.2, -0.15) is 4.31 Å². The Morgan fingerprint density at radius 2 is 1.79 bits per heavy atom. The third kappa shape index (κ3) is 4.78. The van der Waals surface area contributed by atoms with E-state index in [-0.39, 0.29) is 16.6 Å². The average Bonchev–Trinajstić information content (AvgIpc) is 2.78. The van der Waals surface area contributed by atoms with Crippen molar-refractivity contribution in [2.75, 3.05) is 20.2 Å². The summed E-state index contributed by atoms with van der Waals surface area (Å²) in [6.07, 6.45) is 4.13. The normalized spacial score (nSPS) is 21.9. The van der Waals surface area contributed by atoms with E-state index in [0.717, 1.165) is 22.4 Å². The van der Waals surface area contributed by atoms with E-state index < -0.39 is 10.0 Å².